The first-order chi connectivity index (χ1) is 14.6. The Morgan fingerprint density at radius 2 is 1.83 bits per heavy atom. The maximum absolute atomic E-state index is 13.5. The Morgan fingerprint density at radius 3 is 2.57 bits per heavy atom. The second-order valence-corrected chi connectivity index (χ2v) is 9.24. The van der Waals surface area contributed by atoms with Gasteiger partial charge in [-0.1, -0.05) is 49.4 Å². The Morgan fingerprint density at radius 1 is 1.07 bits per heavy atom. The number of benzene rings is 2. The molecule has 0 amide bonds. The second kappa shape index (κ2) is 7.95. The molecule has 30 heavy (non-hydrogen) atoms. The SMILES string of the molecule is CCc1ccc(-n2c(=S)[nH]c3sc4c(c3c2=O)CCN(Cc2ccccc2)C4)cc1. The minimum Gasteiger partial charge on any atom is -0.323 e. The van der Waals surface area contributed by atoms with E-state index in [1.54, 1.807) is 15.9 Å². The number of aryl methyl sites for hydroxylation is 1. The quantitative estimate of drug-likeness (QED) is 0.448. The van der Waals surface area contributed by atoms with Crippen LogP contribution in [0.3, 0.4) is 0 Å². The molecule has 152 valence electrons. The van der Waals surface area contributed by atoms with Gasteiger partial charge in [0, 0.05) is 24.5 Å². The van der Waals surface area contributed by atoms with Gasteiger partial charge in [-0.3, -0.25) is 14.3 Å². The maximum Gasteiger partial charge on any atom is 0.267 e. The predicted molar refractivity (Wildman–Crippen MR) is 126 cm³/mol. The summed E-state index contributed by atoms with van der Waals surface area (Å²) in [5.74, 6) is 0. The van der Waals surface area contributed by atoms with Crippen molar-refractivity contribution in [2.24, 2.45) is 0 Å². The first-order valence-electron chi connectivity index (χ1n) is 10.3. The summed E-state index contributed by atoms with van der Waals surface area (Å²) < 4.78 is 2.09. The van der Waals surface area contributed by atoms with E-state index in [0.29, 0.717) is 4.77 Å². The van der Waals surface area contributed by atoms with Gasteiger partial charge in [0.15, 0.2) is 4.77 Å². The van der Waals surface area contributed by atoms with Crippen LogP contribution in [0.15, 0.2) is 59.4 Å². The topological polar surface area (TPSA) is 41.0 Å². The third-order valence-electron chi connectivity index (χ3n) is 5.83. The Hall–Kier alpha value is -2.54. The third-order valence-corrected chi connectivity index (χ3v) is 7.25. The van der Waals surface area contributed by atoms with Crippen LogP contribution in [-0.2, 0) is 25.9 Å². The minimum atomic E-state index is -0.00740. The molecule has 2 aromatic carbocycles. The lowest BCUT2D eigenvalue weighted by atomic mass is 10.0. The number of nitrogens with zero attached hydrogens (tertiary/aromatic N) is 2. The lowest BCUT2D eigenvalue weighted by molar-refractivity contribution is 0.249. The van der Waals surface area contributed by atoms with Crippen LogP contribution in [0.2, 0.25) is 0 Å². The van der Waals surface area contributed by atoms with Crippen LogP contribution in [0, 0.1) is 4.77 Å². The molecule has 0 aliphatic carbocycles. The van der Waals surface area contributed by atoms with Crippen molar-refractivity contribution in [2.45, 2.75) is 32.9 Å². The highest BCUT2D eigenvalue weighted by molar-refractivity contribution is 7.71. The fourth-order valence-corrected chi connectivity index (χ4v) is 5.86. The molecule has 3 heterocycles. The van der Waals surface area contributed by atoms with Crippen LogP contribution < -0.4 is 5.56 Å². The van der Waals surface area contributed by atoms with Crippen molar-refractivity contribution in [1.29, 1.82) is 0 Å². The van der Waals surface area contributed by atoms with Gasteiger partial charge in [0.1, 0.15) is 4.83 Å². The molecule has 0 saturated carbocycles. The Balaban J connectivity index is 1.54. The van der Waals surface area contributed by atoms with E-state index in [1.807, 2.05) is 18.2 Å². The average Bonchev–Trinajstić information content (AvgIpc) is 3.12. The highest BCUT2D eigenvalue weighted by Crippen LogP contribution is 2.33. The molecule has 1 aliphatic rings. The fraction of sp³-hybridized carbons (Fsp3) is 0.250. The molecule has 0 bridgehead atoms. The normalized spacial score (nSPS) is 14.2. The van der Waals surface area contributed by atoms with Crippen molar-refractivity contribution in [2.75, 3.05) is 6.54 Å². The van der Waals surface area contributed by atoms with Gasteiger partial charge in [-0.15, -0.1) is 11.3 Å². The maximum atomic E-state index is 13.5. The third kappa shape index (κ3) is 3.45. The molecule has 0 radical (unpaired) electrons. The number of hydrogen-bond acceptors (Lipinski definition) is 4. The highest BCUT2D eigenvalue weighted by atomic mass is 32.1. The molecule has 0 unspecified atom stereocenters. The van der Waals surface area contributed by atoms with Crippen LogP contribution in [0.5, 0.6) is 0 Å². The largest absolute Gasteiger partial charge is 0.323 e. The van der Waals surface area contributed by atoms with Crippen LogP contribution in [0.1, 0.15) is 28.5 Å². The molecular weight excluding hydrogens is 410 g/mol. The van der Waals surface area contributed by atoms with Gasteiger partial charge in [0.2, 0.25) is 0 Å². The van der Waals surface area contributed by atoms with Crippen LogP contribution in [-0.4, -0.2) is 21.0 Å². The Kier molecular flexibility index (Phi) is 5.15. The number of thiophene rings is 1. The molecule has 1 aliphatic heterocycles. The number of hydrogen-bond donors (Lipinski definition) is 1. The summed E-state index contributed by atoms with van der Waals surface area (Å²) in [6.45, 7) is 4.87. The number of fused-ring (bicyclic) bond motifs is 3. The number of aromatic amines is 1. The van der Waals surface area contributed by atoms with E-state index in [9.17, 15) is 4.79 Å². The molecule has 0 spiro atoms. The molecule has 4 aromatic rings. The monoisotopic (exact) mass is 433 g/mol. The first kappa shape index (κ1) is 19.4. The Labute approximate surface area is 184 Å². The van der Waals surface area contributed by atoms with E-state index >= 15 is 0 Å². The van der Waals surface area contributed by atoms with Crippen molar-refractivity contribution in [3.05, 3.63) is 91.3 Å². The fourth-order valence-electron chi connectivity index (χ4n) is 4.22. The molecule has 4 nitrogen and oxygen atoms in total. The van der Waals surface area contributed by atoms with Crippen molar-refractivity contribution in [3.8, 4) is 5.69 Å². The standard InChI is InChI=1S/C24H23N3OS2/c1-2-16-8-10-18(11-9-16)27-23(28)21-19-12-13-26(14-17-6-4-3-5-7-17)15-20(19)30-22(21)25-24(27)29/h3-11H,2,12-15H2,1H3,(H,25,29). The average molecular weight is 434 g/mol. The Bertz CT molecular complexity index is 1320. The predicted octanol–water partition coefficient (Wildman–Crippen LogP) is 5.23. The van der Waals surface area contributed by atoms with Gasteiger partial charge in [0.25, 0.3) is 5.56 Å². The summed E-state index contributed by atoms with van der Waals surface area (Å²) in [4.78, 5) is 21.4. The molecule has 2 aromatic heterocycles. The lowest BCUT2D eigenvalue weighted by Crippen LogP contribution is -2.30. The first-order valence-corrected chi connectivity index (χ1v) is 11.5. The van der Waals surface area contributed by atoms with E-state index in [-0.39, 0.29) is 5.56 Å². The van der Waals surface area contributed by atoms with E-state index in [2.05, 4.69) is 53.2 Å². The zero-order valence-corrected chi connectivity index (χ0v) is 18.5. The summed E-state index contributed by atoms with van der Waals surface area (Å²) in [7, 11) is 0. The number of H-pyrrole nitrogens is 1. The van der Waals surface area contributed by atoms with Crippen molar-refractivity contribution >= 4 is 33.8 Å². The van der Waals surface area contributed by atoms with E-state index < -0.39 is 0 Å². The van der Waals surface area contributed by atoms with Crippen LogP contribution in [0.25, 0.3) is 15.9 Å². The van der Waals surface area contributed by atoms with Crippen molar-refractivity contribution in [3.63, 3.8) is 0 Å². The zero-order valence-electron chi connectivity index (χ0n) is 16.9. The van der Waals surface area contributed by atoms with E-state index in [4.69, 9.17) is 12.2 Å². The summed E-state index contributed by atoms with van der Waals surface area (Å²) in [5.41, 5.74) is 4.57. The molecule has 0 fully saturated rings. The van der Waals surface area contributed by atoms with Crippen LogP contribution in [0.4, 0.5) is 0 Å². The van der Waals surface area contributed by atoms with Crippen LogP contribution >= 0.6 is 23.6 Å². The molecule has 5 rings (SSSR count). The highest BCUT2D eigenvalue weighted by Gasteiger charge is 2.24. The van der Waals surface area contributed by atoms with E-state index in [1.165, 1.54) is 21.6 Å². The summed E-state index contributed by atoms with van der Waals surface area (Å²) in [6, 6.07) is 18.6. The van der Waals surface area contributed by atoms with Gasteiger partial charge in [-0.25, -0.2) is 0 Å². The number of rotatable bonds is 4. The van der Waals surface area contributed by atoms with Gasteiger partial charge in [-0.05, 0) is 53.9 Å². The smallest absolute Gasteiger partial charge is 0.267 e. The van der Waals surface area contributed by atoms with Gasteiger partial charge in [0.05, 0.1) is 11.1 Å². The number of nitrogens with one attached hydrogen (secondary N) is 1. The summed E-state index contributed by atoms with van der Waals surface area (Å²) in [6.07, 6.45) is 1.86. The van der Waals surface area contributed by atoms with Gasteiger partial charge in [-0.2, -0.15) is 0 Å². The molecule has 0 saturated heterocycles. The summed E-state index contributed by atoms with van der Waals surface area (Å²) >= 11 is 7.24. The van der Waals surface area contributed by atoms with E-state index in [0.717, 1.165) is 48.4 Å². The zero-order chi connectivity index (χ0) is 20.7. The molecule has 6 heteroatoms. The van der Waals surface area contributed by atoms with Gasteiger partial charge < -0.3 is 4.98 Å². The molecular formula is C24H23N3OS2. The second-order valence-electron chi connectivity index (χ2n) is 7.74. The number of aromatic nitrogens is 2. The van der Waals surface area contributed by atoms with Crippen molar-refractivity contribution in [1.82, 2.24) is 14.5 Å². The van der Waals surface area contributed by atoms with Gasteiger partial charge >= 0.3 is 0 Å². The minimum absolute atomic E-state index is 0.00740. The molecule has 1 N–H and O–H groups in total. The lowest BCUT2D eigenvalue weighted by Gasteiger charge is -2.26. The molecule has 0 atom stereocenters. The van der Waals surface area contributed by atoms with Crippen molar-refractivity contribution < 1.29 is 0 Å². The summed E-state index contributed by atoms with van der Waals surface area (Å²) in [5, 5.41) is 0.808.